The second kappa shape index (κ2) is 10.2. The van der Waals surface area contributed by atoms with Gasteiger partial charge in [-0.15, -0.1) is 0 Å². The van der Waals surface area contributed by atoms with Gasteiger partial charge in [0.2, 0.25) is 0 Å². The average Bonchev–Trinajstić information content (AvgIpc) is 1.89. The van der Waals surface area contributed by atoms with Crippen LogP contribution >= 0.6 is 0 Å². The summed E-state index contributed by atoms with van der Waals surface area (Å²) >= 11 is 0. The number of nitriles is 1. The molecular formula is C6H11NO2. The average molecular weight is 129 g/mol. The fraction of sp³-hybridized carbons (Fsp3) is 0.667. The van der Waals surface area contributed by atoms with E-state index < -0.39 is 0 Å². The van der Waals surface area contributed by atoms with Gasteiger partial charge in [-0.3, -0.25) is 0 Å². The zero-order chi connectivity index (χ0) is 7.70. The zero-order valence-corrected chi connectivity index (χ0v) is 5.66. The van der Waals surface area contributed by atoms with E-state index in [-0.39, 0.29) is 12.5 Å². The van der Waals surface area contributed by atoms with Gasteiger partial charge < -0.3 is 9.90 Å². The molecule has 0 aromatic heterocycles. The highest BCUT2D eigenvalue weighted by Gasteiger charge is 1.79. The third kappa shape index (κ3) is 41.5. The van der Waals surface area contributed by atoms with Crippen molar-refractivity contribution < 1.29 is 9.90 Å². The van der Waals surface area contributed by atoms with Gasteiger partial charge in [-0.1, -0.05) is 13.8 Å². The van der Waals surface area contributed by atoms with E-state index in [4.69, 9.17) is 10.4 Å². The molecular weight excluding hydrogens is 118 g/mol. The van der Waals surface area contributed by atoms with Crippen LogP contribution < -0.4 is 0 Å². The third-order valence-electron chi connectivity index (χ3n) is 0.343. The number of hydrogen-bond donors (Lipinski definition) is 1. The summed E-state index contributed by atoms with van der Waals surface area (Å²) in [6.07, 6.45) is 0.917. The van der Waals surface area contributed by atoms with Crippen molar-refractivity contribution in [3.05, 3.63) is 0 Å². The second-order valence-corrected chi connectivity index (χ2v) is 1.70. The van der Waals surface area contributed by atoms with Crippen LogP contribution in [0.5, 0.6) is 0 Å². The Bertz CT molecular complexity index is 93.7. The van der Waals surface area contributed by atoms with Gasteiger partial charge in [-0.2, -0.15) is 5.26 Å². The summed E-state index contributed by atoms with van der Waals surface area (Å²) in [5.41, 5.74) is 0. The van der Waals surface area contributed by atoms with Crippen molar-refractivity contribution in [2.45, 2.75) is 13.8 Å². The number of rotatable bonds is 1. The molecule has 0 radical (unpaired) electrons. The summed E-state index contributed by atoms with van der Waals surface area (Å²) in [6.45, 7) is 3.33. The van der Waals surface area contributed by atoms with E-state index in [1.165, 1.54) is 6.07 Å². The Morgan fingerprint density at radius 2 is 2.00 bits per heavy atom. The molecule has 0 aliphatic heterocycles. The first-order valence-corrected chi connectivity index (χ1v) is 2.62. The molecule has 0 aliphatic carbocycles. The van der Waals surface area contributed by atoms with E-state index in [1.54, 1.807) is 0 Å². The van der Waals surface area contributed by atoms with Gasteiger partial charge in [-0.05, 0) is 0 Å². The zero-order valence-electron chi connectivity index (χ0n) is 5.66. The van der Waals surface area contributed by atoms with Crippen LogP contribution in [0, 0.1) is 17.2 Å². The summed E-state index contributed by atoms with van der Waals surface area (Å²) in [5, 5.41) is 14.9. The van der Waals surface area contributed by atoms with Crippen LogP contribution in [0.25, 0.3) is 0 Å². The van der Waals surface area contributed by atoms with Crippen LogP contribution in [0.1, 0.15) is 13.8 Å². The standard InChI is InChI=1S/C4H8O.C2H3NO/c1-4(2)3-5;3-1-2-4/h3-4H,1-2H3;4H,2H2. The van der Waals surface area contributed by atoms with Gasteiger partial charge in [0.25, 0.3) is 0 Å². The van der Waals surface area contributed by atoms with Crippen LogP contribution in [-0.4, -0.2) is 18.0 Å². The molecule has 1 N–H and O–H groups in total. The number of carbonyl (C=O) groups is 1. The Labute approximate surface area is 54.9 Å². The highest BCUT2D eigenvalue weighted by molar-refractivity contribution is 5.51. The largest absolute Gasteiger partial charge is 0.381 e. The molecule has 0 saturated heterocycles. The predicted molar refractivity (Wildman–Crippen MR) is 33.6 cm³/mol. The smallest absolute Gasteiger partial charge is 0.130 e. The molecule has 52 valence electrons. The lowest BCUT2D eigenvalue weighted by Gasteiger charge is -1.78. The van der Waals surface area contributed by atoms with E-state index in [2.05, 4.69) is 0 Å². The lowest BCUT2D eigenvalue weighted by molar-refractivity contribution is -0.110. The van der Waals surface area contributed by atoms with E-state index >= 15 is 0 Å². The molecule has 0 fully saturated rings. The molecule has 0 spiro atoms. The molecule has 0 amide bonds. The maximum absolute atomic E-state index is 9.50. The van der Waals surface area contributed by atoms with Crippen molar-refractivity contribution >= 4 is 6.29 Å². The molecule has 0 saturated carbocycles. The molecule has 0 bridgehead atoms. The van der Waals surface area contributed by atoms with Crippen molar-refractivity contribution in [1.82, 2.24) is 0 Å². The first-order chi connectivity index (χ1) is 4.18. The van der Waals surface area contributed by atoms with Crippen LogP contribution in [0.4, 0.5) is 0 Å². The summed E-state index contributed by atoms with van der Waals surface area (Å²) in [6, 6.07) is 1.49. The van der Waals surface area contributed by atoms with Gasteiger partial charge in [-0.25, -0.2) is 0 Å². The number of nitrogens with zero attached hydrogens (tertiary/aromatic N) is 1. The lowest BCUT2D eigenvalue weighted by Crippen LogP contribution is -1.82. The highest BCUT2D eigenvalue weighted by atomic mass is 16.2. The first kappa shape index (κ1) is 11.0. The fourth-order valence-electron chi connectivity index (χ4n) is 0. The molecule has 0 aliphatic rings. The molecule has 9 heavy (non-hydrogen) atoms. The van der Waals surface area contributed by atoms with Gasteiger partial charge in [0.05, 0.1) is 6.07 Å². The Morgan fingerprint density at radius 1 is 1.78 bits per heavy atom. The van der Waals surface area contributed by atoms with Crippen LogP contribution in [0.15, 0.2) is 0 Å². The third-order valence-corrected chi connectivity index (χ3v) is 0.343. The normalized spacial score (nSPS) is 7.00. The fourth-order valence-corrected chi connectivity index (χ4v) is 0. The molecule has 0 aromatic carbocycles. The summed E-state index contributed by atoms with van der Waals surface area (Å²) < 4.78 is 0. The minimum Gasteiger partial charge on any atom is -0.381 e. The Hall–Kier alpha value is -0.880. The van der Waals surface area contributed by atoms with Gasteiger partial charge in [0, 0.05) is 5.92 Å². The SMILES string of the molecule is CC(C)C=O.N#CCO. The van der Waals surface area contributed by atoms with E-state index in [0.717, 1.165) is 6.29 Å². The van der Waals surface area contributed by atoms with Crippen LogP contribution in [-0.2, 0) is 4.79 Å². The van der Waals surface area contributed by atoms with Gasteiger partial charge in [0.15, 0.2) is 0 Å². The van der Waals surface area contributed by atoms with E-state index in [9.17, 15) is 4.79 Å². The molecule has 0 rings (SSSR count). The van der Waals surface area contributed by atoms with E-state index in [1.807, 2.05) is 13.8 Å². The predicted octanol–water partition coefficient (Wildman–Crippen LogP) is 0.344. The number of aldehydes is 1. The van der Waals surface area contributed by atoms with Crippen LogP contribution in [0.3, 0.4) is 0 Å². The van der Waals surface area contributed by atoms with Gasteiger partial charge in [0.1, 0.15) is 12.9 Å². The monoisotopic (exact) mass is 129 g/mol. The molecule has 3 heteroatoms. The first-order valence-electron chi connectivity index (χ1n) is 2.62. The molecule has 0 atom stereocenters. The molecule has 0 unspecified atom stereocenters. The maximum Gasteiger partial charge on any atom is 0.130 e. The summed E-state index contributed by atoms with van der Waals surface area (Å²) in [5.74, 6) is 0.204. The van der Waals surface area contributed by atoms with Crippen molar-refractivity contribution in [1.29, 1.82) is 5.26 Å². The minimum absolute atomic E-state index is 0.204. The molecule has 0 heterocycles. The number of carbonyl (C=O) groups excluding carboxylic acids is 1. The summed E-state index contributed by atoms with van der Waals surface area (Å²) in [4.78, 5) is 9.50. The quantitative estimate of drug-likeness (QED) is 0.410. The van der Waals surface area contributed by atoms with Crippen molar-refractivity contribution in [3.8, 4) is 6.07 Å². The number of aliphatic hydroxyl groups is 1. The highest BCUT2D eigenvalue weighted by Crippen LogP contribution is 1.78. The van der Waals surface area contributed by atoms with E-state index in [0.29, 0.717) is 0 Å². The van der Waals surface area contributed by atoms with Crippen molar-refractivity contribution in [3.63, 3.8) is 0 Å². The topological polar surface area (TPSA) is 61.1 Å². The van der Waals surface area contributed by atoms with Gasteiger partial charge >= 0.3 is 0 Å². The number of aliphatic hydroxyl groups excluding tert-OH is 1. The molecule has 3 nitrogen and oxygen atoms in total. The Balaban J connectivity index is 0. The maximum atomic E-state index is 9.50. The number of hydrogen-bond acceptors (Lipinski definition) is 3. The molecule has 0 aromatic rings. The van der Waals surface area contributed by atoms with Crippen molar-refractivity contribution in [2.75, 3.05) is 6.61 Å². The summed E-state index contributed by atoms with van der Waals surface area (Å²) in [7, 11) is 0. The lowest BCUT2D eigenvalue weighted by atomic mass is 10.3. The van der Waals surface area contributed by atoms with Crippen LogP contribution in [0.2, 0.25) is 0 Å². The minimum atomic E-state index is -0.375. The van der Waals surface area contributed by atoms with Crippen molar-refractivity contribution in [2.24, 2.45) is 5.92 Å². The second-order valence-electron chi connectivity index (χ2n) is 1.70. The Kier molecular flexibility index (Phi) is 12.4. The Morgan fingerprint density at radius 3 is 2.00 bits per heavy atom.